The molecule has 2 aromatic rings. The topological polar surface area (TPSA) is 102 Å². The third kappa shape index (κ3) is 3.80. The second kappa shape index (κ2) is 7.64. The molecule has 0 spiro atoms. The van der Waals surface area contributed by atoms with E-state index in [4.69, 9.17) is 9.47 Å². The number of carbonyl (C=O) groups excluding carboxylic acids is 2. The molecule has 0 radical (unpaired) electrons. The van der Waals surface area contributed by atoms with Crippen LogP contribution in [-0.2, 0) is 4.79 Å². The molecule has 0 fully saturated rings. The highest BCUT2D eigenvalue weighted by Gasteiger charge is 2.16. The first-order valence-corrected chi connectivity index (χ1v) is 7.97. The van der Waals surface area contributed by atoms with Gasteiger partial charge >= 0.3 is 0 Å². The van der Waals surface area contributed by atoms with Crippen LogP contribution in [0.3, 0.4) is 0 Å². The normalized spacial score (nSPS) is 13.5. The first-order valence-electron chi connectivity index (χ1n) is 7.97. The van der Waals surface area contributed by atoms with E-state index in [0.29, 0.717) is 30.0 Å². The SMILES string of the molecule is COc1ccc(C(=O)Nc2ccc(C3=NNC(=O)CC3)cc2)c(OC)n1. The molecule has 0 unspecified atom stereocenters. The second-order valence-electron chi connectivity index (χ2n) is 5.54. The van der Waals surface area contributed by atoms with Gasteiger partial charge in [-0.2, -0.15) is 10.1 Å². The molecule has 8 heteroatoms. The first kappa shape index (κ1) is 17.4. The average molecular weight is 354 g/mol. The molecule has 0 saturated heterocycles. The van der Waals surface area contributed by atoms with E-state index in [1.165, 1.54) is 14.2 Å². The number of carbonyl (C=O) groups is 2. The van der Waals surface area contributed by atoms with Crippen LogP contribution in [-0.4, -0.2) is 36.7 Å². The lowest BCUT2D eigenvalue weighted by atomic mass is 10.0. The molecule has 1 aliphatic rings. The molecule has 3 rings (SSSR count). The number of nitrogens with zero attached hydrogens (tertiary/aromatic N) is 2. The number of rotatable bonds is 5. The van der Waals surface area contributed by atoms with Crippen molar-refractivity contribution in [3.05, 3.63) is 47.5 Å². The molecule has 0 saturated carbocycles. The van der Waals surface area contributed by atoms with Gasteiger partial charge in [-0.3, -0.25) is 9.59 Å². The Bertz CT molecular complexity index is 862. The van der Waals surface area contributed by atoms with Crippen LogP contribution in [0.2, 0.25) is 0 Å². The zero-order chi connectivity index (χ0) is 18.5. The van der Waals surface area contributed by atoms with Gasteiger partial charge in [0.25, 0.3) is 5.91 Å². The van der Waals surface area contributed by atoms with Gasteiger partial charge in [-0.25, -0.2) is 5.43 Å². The molecular weight excluding hydrogens is 336 g/mol. The molecule has 26 heavy (non-hydrogen) atoms. The molecule has 0 aliphatic carbocycles. The Labute approximate surface area is 150 Å². The summed E-state index contributed by atoms with van der Waals surface area (Å²) in [4.78, 5) is 27.7. The Morgan fingerprint density at radius 3 is 2.46 bits per heavy atom. The third-order valence-electron chi connectivity index (χ3n) is 3.86. The van der Waals surface area contributed by atoms with Crippen LogP contribution in [0.25, 0.3) is 0 Å². The van der Waals surface area contributed by atoms with E-state index in [1.807, 2.05) is 12.1 Å². The van der Waals surface area contributed by atoms with Gasteiger partial charge in [0.1, 0.15) is 5.56 Å². The maximum absolute atomic E-state index is 12.5. The van der Waals surface area contributed by atoms with Gasteiger partial charge in [-0.05, 0) is 23.8 Å². The van der Waals surface area contributed by atoms with Gasteiger partial charge in [-0.15, -0.1) is 0 Å². The highest BCUT2D eigenvalue weighted by Crippen LogP contribution is 2.21. The van der Waals surface area contributed by atoms with E-state index >= 15 is 0 Å². The fourth-order valence-corrected chi connectivity index (χ4v) is 2.49. The number of benzene rings is 1. The van der Waals surface area contributed by atoms with Crippen LogP contribution in [0.15, 0.2) is 41.5 Å². The van der Waals surface area contributed by atoms with E-state index in [0.717, 1.165) is 11.3 Å². The van der Waals surface area contributed by atoms with E-state index in [2.05, 4.69) is 20.8 Å². The summed E-state index contributed by atoms with van der Waals surface area (Å²) in [6, 6.07) is 10.4. The molecule has 2 amide bonds. The number of hydrogen-bond donors (Lipinski definition) is 2. The minimum Gasteiger partial charge on any atom is -0.481 e. The first-order chi connectivity index (χ1) is 12.6. The number of aromatic nitrogens is 1. The van der Waals surface area contributed by atoms with Crippen molar-refractivity contribution in [2.75, 3.05) is 19.5 Å². The van der Waals surface area contributed by atoms with Crippen LogP contribution < -0.4 is 20.2 Å². The highest BCUT2D eigenvalue weighted by molar-refractivity contribution is 6.07. The largest absolute Gasteiger partial charge is 0.481 e. The molecule has 1 aliphatic heterocycles. The number of hydrazone groups is 1. The van der Waals surface area contributed by atoms with E-state index < -0.39 is 0 Å². The molecule has 2 N–H and O–H groups in total. The van der Waals surface area contributed by atoms with Crippen molar-refractivity contribution in [3.8, 4) is 11.8 Å². The van der Waals surface area contributed by atoms with Crippen molar-refractivity contribution in [2.45, 2.75) is 12.8 Å². The van der Waals surface area contributed by atoms with Crippen LogP contribution in [0.4, 0.5) is 5.69 Å². The van der Waals surface area contributed by atoms with Crippen LogP contribution >= 0.6 is 0 Å². The standard InChI is InChI=1S/C18H18N4O4/c1-25-16-10-7-13(18(20-16)26-2)17(24)19-12-5-3-11(4-6-12)14-8-9-15(23)22-21-14/h3-7,10H,8-9H2,1-2H3,(H,19,24)(H,22,23). The van der Waals surface area contributed by atoms with Crippen LogP contribution in [0, 0.1) is 0 Å². The fourth-order valence-electron chi connectivity index (χ4n) is 2.49. The number of anilines is 1. The zero-order valence-electron chi connectivity index (χ0n) is 14.4. The highest BCUT2D eigenvalue weighted by atomic mass is 16.5. The van der Waals surface area contributed by atoms with Gasteiger partial charge in [0.05, 0.1) is 19.9 Å². The minimum absolute atomic E-state index is 0.0836. The maximum Gasteiger partial charge on any atom is 0.261 e. The molecule has 134 valence electrons. The Balaban J connectivity index is 1.73. The second-order valence-corrected chi connectivity index (χ2v) is 5.54. The van der Waals surface area contributed by atoms with Gasteiger partial charge in [0, 0.05) is 24.6 Å². The molecule has 1 aromatic carbocycles. The van der Waals surface area contributed by atoms with Gasteiger partial charge in [-0.1, -0.05) is 12.1 Å². The summed E-state index contributed by atoms with van der Waals surface area (Å²) in [5.74, 6) is 0.126. The number of pyridine rings is 1. The van der Waals surface area contributed by atoms with E-state index in [9.17, 15) is 9.59 Å². The molecular formula is C18H18N4O4. The van der Waals surface area contributed by atoms with Gasteiger partial charge < -0.3 is 14.8 Å². The average Bonchev–Trinajstić information content (AvgIpc) is 2.68. The summed E-state index contributed by atoms with van der Waals surface area (Å²) in [6.07, 6.45) is 1.01. The Kier molecular flexibility index (Phi) is 5.12. The van der Waals surface area contributed by atoms with E-state index in [-0.39, 0.29) is 17.7 Å². The van der Waals surface area contributed by atoms with Gasteiger partial charge in [0.2, 0.25) is 17.7 Å². The summed E-state index contributed by atoms with van der Waals surface area (Å²) in [6.45, 7) is 0. The molecule has 8 nitrogen and oxygen atoms in total. The Hall–Kier alpha value is -3.42. The number of amides is 2. The van der Waals surface area contributed by atoms with Gasteiger partial charge in [0.15, 0.2) is 0 Å². The summed E-state index contributed by atoms with van der Waals surface area (Å²) in [5, 5.41) is 6.85. The van der Waals surface area contributed by atoms with Crippen molar-refractivity contribution >= 4 is 23.2 Å². The summed E-state index contributed by atoms with van der Waals surface area (Å²) in [5.41, 5.74) is 5.10. The monoisotopic (exact) mass is 354 g/mol. The summed E-state index contributed by atoms with van der Waals surface area (Å²) < 4.78 is 10.2. The molecule has 1 aromatic heterocycles. The predicted molar refractivity (Wildman–Crippen MR) is 95.6 cm³/mol. The predicted octanol–water partition coefficient (Wildman–Crippen LogP) is 1.97. The number of methoxy groups -OCH3 is 2. The maximum atomic E-state index is 12.5. The lowest BCUT2D eigenvalue weighted by Gasteiger charge is -2.13. The zero-order valence-corrected chi connectivity index (χ0v) is 14.4. The van der Waals surface area contributed by atoms with E-state index in [1.54, 1.807) is 24.3 Å². The summed E-state index contributed by atoms with van der Waals surface area (Å²) in [7, 11) is 2.93. The number of ether oxygens (including phenoxy) is 2. The van der Waals surface area contributed by atoms with Crippen molar-refractivity contribution in [1.82, 2.24) is 10.4 Å². The minimum atomic E-state index is -0.341. The molecule has 0 atom stereocenters. The van der Waals surface area contributed by atoms with Crippen LogP contribution in [0.1, 0.15) is 28.8 Å². The van der Waals surface area contributed by atoms with Crippen molar-refractivity contribution < 1.29 is 19.1 Å². The van der Waals surface area contributed by atoms with Crippen molar-refractivity contribution in [1.29, 1.82) is 0 Å². The molecule has 2 heterocycles. The fraction of sp³-hybridized carbons (Fsp3) is 0.222. The van der Waals surface area contributed by atoms with Crippen LogP contribution in [0.5, 0.6) is 11.8 Å². The number of hydrogen-bond acceptors (Lipinski definition) is 6. The molecule has 0 bridgehead atoms. The number of nitrogens with one attached hydrogen (secondary N) is 2. The van der Waals surface area contributed by atoms with Crippen molar-refractivity contribution in [2.24, 2.45) is 5.10 Å². The summed E-state index contributed by atoms with van der Waals surface area (Å²) >= 11 is 0. The Morgan fingerprint density at radius 2 is 1.85 bits per heavy atom. The lowest BCUT2D eigenvalue weighted by Crippen LogP contribution is -2.25. The smallest absolute Gasteiger partial charge is 0.261 e. The Morgan fingerprint density at radius 1 is 1.08 bits per heavy atom. The third-order valence-corrected chi connectivity index (χ3v) is 3.86. The quantitative estimate of drug-likeness (QED) is 0.855. The van der Waals surface area contributed by atoms with Crippen molar-refractivity contribution in [3.63, 3.8) is 0 Å². The lowest BCUT2D eigenvalue weighted by molar-refractivity contribution is -0.121.